The van der Waals surface area contributed by atoms with Crippen molar-refractivity contribution in [1.82, 2.24) is 0 Å². The summed E-state index contributed by atoms with van der Waals surface area (Å²) >= 11 is 0. The van der Waals surface area contributed by atoms with Crippen LogP contribution in [0.4, 0.5) is 0 Å². The van der Waals surface area contributed by atoms with E-state index in [2.05, 4.69) is 39.5 Å². The number of ketones is 1. The highest BCUT2D eigenvalue weighted by molar-refractivity contribution is 5.87. The Hall–Kier alpha value is -1.23. The van der Waals surface area contributed by atoms with Gasteiger partial charge in [0.05, 0.1) is 18.3 Å². The van der Waals surface area contributed by atoms with Gasteiger partial charge in [-0.25, -0.2) is 0 Å². The van der Waals surface area contributed by atoms with E-state index in [1.54, 1.807) is 0 Å². The van der Waals surface area contributed by atoms with Crippen LogP contribution in [0.5, 0.6) is 0 Å². The molecular weight excluding hydrogens is 520 g/mol. The number of carbonyl (C=O) groups excluding carboxylic acids is 1. The fourth-order valence-corrected chi connectivity index (χ4v) is 9.12. The van der Waals surface area contributed by atoms with E-state index in [1.165, 1.54) is 63.4 Å². The Morgan fingerprint density at radius 1 is 1.02 bits per heavy atom. The average molecular weight is 583 g/mol. The number of unbranched alkanes of at least 4 members (excludes halogenated alkanes) is 6. The summed E-state index contributed by atoms with van der Waals surface area (Å²) < 4.78 is 0. The van der Waals surface area contributed by atoms with Gasteiger partial charge in [-0.1, -0.05) is 83.6 Å². The summed E-state index contributed by atoms with van der Waals surface area (Å²) in [6.07, 6.45) is 24.1. The SMILES string of the molecule is C=C1/C(=C\C=C2/CCC[C@]3(C)[C@@H]([C@H](C)[C@@H](O)CCCC4(C(=O)CCCCCCCCC)CC4)CC[C@@H]23)C[C@@H](O)C[C@@H]1O. The van der Waals surface area contributed by atoms with Gasteiger partial charge in [0, 0.05) is 18.3 Å². The number of hydrogen-bond donors (Lipinski definition) is 3. The predicted molar refractivity (Wildman–Crippen MR) is 173 cm³/mol. The summed E-state index contributed by atoms with van der Waals surface area (Å²) in [6, 6.07) is 0. The molecule has 0 aliphatic heterocycles. The van der Waals surface area contributed by atoms with Crippen LogP contribution in [0.3, 0.4) is 0 Å². The molecule has 238 valence electrons. The molecule has 0 radical (unpaired) electrons. The number of rotatable bonds is 16. The van der Waals surface area contributed by atoms with Crippen molar-refractivity contribution in [2.24, 2.45) is 28.6 Å². The van der Waals surface area contributed by atoms with Crippen molar-refractivity contribution < 1.29 is 20.1 Å². The molecule has 0 heterocycles. The first kappa shape index (κ1) is 33.7. The third kappa shape index (κ3) is 8.07. The van der Waals surface area contributed by atoms with Gasteiger partial charge in [0.25, 0.3) is 0 Å². The van der Waals surface area contributed by atoms with E-state index in [0.29, 0.717) is 30.5 Å². The molecule has 0 unspecified atom stereocenters. The van der Waals surface area contributed by atoms with E-state index in [9.17, 15) is 20.1 Å². The van der Waals surface area contributed by atoms with Gasteiger partial charge in [-0.15, -0.1) is 0 Å². The number of fused-ring (bicyclic) bond motifs is 1. The lowest BCUT2D eigenvalue weighted by molar-refractivity contribution is -0.124. The van der Waals surface area contributed by atoms with Crippen LogP contribution in [0, 0.1) is 28.6 Å². The molecule has 0 aromatic heterocycles. The minimum atomic E-state index is -0.647. The normalized spacial score (nSPS) is 34.0. The average Bonchev–Trinajstić information content (AvgIpc) is 3.67. The van der Waals surface area contributed by atoms with Crippen LogP contribution in [-0.4, -0.2) is 39.4 Å². The van der Waals surface area contributed by atoms with E-state index in [4.69, 9.17) is 0 Å². The van der Waals surface area contributed by atoms with Crippen LogP contribution in [0.25, 0.3) is 0 Å². The van der Waals surface area contributed by atoms with Crippen molar-refractivity contribution in [3.05, 3.63) is 35.5 Å². The van der Waals surface area contributed by atoms with E-state index in [1.807, 2.05) is 0 Å². The number of allylic oxidation sites excluding steroid dienone is 3. The molecule has 0 aromatic rings. The molecule has 4 heteroatoms. The highest BCUT2D eigenvalue weighted by Crippen LogP contribution is 2.60. The van der Waals surface area contributed by atoms with Crippen LogP contribution in [0.2, 0.25) is 0 Å². The van der Waals surface area contributed by atoms with Gasteiger partial charge in [-0.3, -0.25) is 4.79 Å². The van der Waals surface area contributed by atoms with Crippen molar-refractivity contribution in [1.29, 1.82) is 0 Å². The number of aliphatic hydroxyl groups is 3. The molecule has 4 aliphatic rings. The molecule has 4 nitrogen and oxygen atoms in total. The molecule has 0 aromatic carbocycles. The number of aliphatic hydroxyl groups excluding tert-OH is 3. The van der Waals surface area contributed by atoms with Gasteiger partial charge in [0.15, 0.2) is 0 Å². The Bertz CT molecular complexity index is 974. The molecule has 4 aliphatic carbocycles. The molecule has 42 heavy (non-hydrogen) atoms. The van der Waals surface area contributed by atoms with Gasteiger partial charge in [0.1, 0.15) is 5.78 Å². The van der Waals surface area contributed by atoms with E-state index < -0.39 is 12.2 Å². The summed E-state index contributed by atoms with van der Waals surface area (Å²) in [6.45, 7) is 11.1. The second-order valence-corrected chi connectivity index (χ2v) is 15.1. The maximum absolute atomic E-state index is 13.0. The molecule has 0 bridgehead atoms. The Morgan fingerprint density at radius 2 is 1.74 bits per heavy atom. The molecule has 4 saturated carbocycles. The zero-order chi connectivity index (χ0) is 30.3. The van der Waals surface area contributed by atoms with Crippen molar-refractivity contribution in [2.45, 2.75) is 167 Å². The zero-order valence-corrected chi connectivity index (χ0v) is 27.2. The minimum absolute atomic E-state index is 0.0527. The quantitative estimate of drug-likeness (QED) is 0.159. The number of hydrogen-bond acceptors (Lipinski definition) is 4. The molecule has 0 spiro atoms. The van der Waals surface area contributed by atoms with Crippen LogP contribution >= 0.6 is 0 Å². The largest absolute Gasteiger partial charge is 0.393 e. The first-order chi connectivity index (χ1) is 20.1. The highest BCUT2D eigenvalue weighted by atomic mass is 16.3. The lowest BCUT2D eigenvalue weighted by atomic mass is 9.60. The Morgan fingerprint density at radius 3 is 2.45 bits per heavy atom. The predicted octanol–water partition coefficient (Wildman–Crippen LogP) is 8.78. The fourth-order valence-electron chi connectivity index (χ4n) is 9.12. The minimum Gasteiger partial charge on any atom is -0.393 e. The standard InChI is InChI=1S/C38H62O4/c1-5-6-7-8-9-10-11-16-36(42)38(23-24-38)22-13-15-34(40)28(3)32-19-20-33-29(14-12-21-37(32,33)4)17-18-30-25-31(39)26-35(41)27(30)2/h17-18,28,31-35,39-41H,2,5-16,19-26H2,1,3-4H3/b29-17+,30-18-/t28-,31+,32+,33-,34-,35-,37+/m0/s1. The third-order valence-corrected chi connectivity index (χ3v) is 12.2. The van der Waals surface area contributed by atoms with Crippen LogP contribution in [0.1, 0.15) is 149 Å². The summed E-state index contributed by atoms with van der Waals surface area (Å²) in [5.74, 6) is 1.81. The monoisotopic (exact) mass is 582 g/mol. The lowest BCUT2D eigenvalue weighted by Crippen LogP contribution is -2.39. The Kier molecular flexibility index (Phi) is 12.2. The number of carbonyl (C=O) groups is 1. The second-order valence-electron chi connectivity index (χ2n) is 15.1. The smallest absolute Gasteiger partial charge is 0.139 e. The van der Waals surface area contributed by atoms with Gasteiger partial charge in [-0.2, -0.15) is 0 Å². The van der Waals surface area contributed by atoms with Gasteiger partial charge in [0.2, 0.25) is 0 Å². The van der Waals surface area contributed by atoms with Gasteiger partial charge < -0.3 is 15.3 Å². The molecule has 3 N–H and O–H groups in total. The molecule has 0 amide bonds. The van der Waals surface area contributed by atoms with Crippen LogP contribution in [0.15, 0.2) is 35.5 Å². The summed E-state index contributed by atoms with van der Waals surface area (Å²) in [4.78, 5) is 13.0. The first-order valence-corrected chi connectivity index (χ1v) is 17.8. The third-order valence-electron chi connectivity index (χ3n) is 12.2. The molecule has 0 saturated heterocycles. The summed E-state index contributed by atoms with van der Waals surface area (Å²) in [5, 5.41) is 31.7. The number of Topliss-reactive ketones (excluding diaryl/α,β-unsaturated/α-hetero) is 1. The summed E-state index contributed by atoms with van der Waals surface area (Å²) in [7, 11) is 0. The van der Waals surface area contributed by atoms with E-state index in [-0.39, 0.29) is 22.9 Å². The Balaban J connectivity index is 1.25. The van der Waals surface area contributed by atoms with E-state index in [0.717, 1.165) is 68.9 Å². The molecular formula is C38H62O4. The molecule has 4 fully saturated rings. The van der Waals surface area contributed by atoms with Crippen molar-refractivity contribution in [3.63, 3.8) is 0 Å². The molecule has 7 atom stereocenters. The van der Waals surface area contributed by atoms with Crippen molar-refractivity contribution in [2.75, 3.05) is 0 Å². The lowest BCUT2D eigenvalue weighted by Gasteiger charge is -2.45. The maximum Gasteiger partial charge on any atom is 0.139 e. The highest BCUT2D eigenvalue weighted by Gasteiger charge is 2.52. The maximum atomic E-state index is 13.0. The first-order valence-electron chi connectivity index (χ1n) is 17.8. The van der Waals surface area contributed by atoms with Gasteiger partial charge in [-0.05, 0) is 111 Å². The van der Waals surface area contributed by atoms with Crippen molar-refractivity contribution >= 4 is 5.78 Å². The Labute approximate surface area is 257 Å². The van der Waals surface area contributed by atoms with Crippen LogP contribution < -0.4 is 0 Å². The topological polar surface area (TPSA) is 77.8 Å². The zero-order valence-electron chi connectivity index (χ0n) is 27.2. The summed E-state index contributed by atoms with van der Waals surface area (Å²) in [5.41, 5.74) is 3.38. The van der Waals surface area contributed by atoms with Crippen LogP contribution in [-0.2, 0) is 4.79 Å². The fraction of sp³-hybridized carbons (Fsp3) is 0.816. The van der Waals surface area contributed by atoms with E-state index >= 15 is 0 Å². The second kappa shape index (κ2) is 15.2. The van der Waals surface area contributed by atoms with Gasteiger partial charge >= 0.3 is 0 Å². The van der Waals surface area contributed by atoms with Crippen molar-refractivity contribution in [3.8, 4) is 0 Å². The molecule has 4 rings (SSSR count).